The number of aromatic nitrogens is 2. The standard InChI is InChI=1S/C20H17N3O2S2/c1-23(12-14-6-5-11-26-14)18(24)13-27-20-15-7-2-3-8-16(15)21-19(22-20)17-9-4-10-25-17/h2-11H,12-13H2,1H3. The number of thiophene rings is 1. The maximum Gasteiger partial charge on any atom is 0.233 e. The van der Waals surface area contributed by atoms with Gasteiger partial charge in [-0.1, -0.05) is 36.0 Å². The third-order valence-corrected chi connectivity index (χ3v) is 5.88. The van der Waals surface area contributed by atoms with E-state index in [4.69, 9.17) is 4.42 Å². The second kappa shape index (κ2) is 7.94. The molecule has 3 aromatic heterocycles. The molecule has 0 aliphatic carbocycles. The van der Waals surface area contributed by atoms with Gasteiger partial charge in [0.2, 0.25) is 5.91 Å². The van der Waals surface area contributed by atoms with Crippen molar-refractivity contribution in [1.82, 2.24) is 14.9 Å². The fourth-order valence-electron chi connectivity index (χ4n) is 2.64. The van der Waals surface area contributed by atoms with Crippen LogP contribution < -0.4 is 0 Å². The molecule has 4 aromatic rings. The van der Waals surface area contributed by atoms with Crippen LogP contribution in [0.5, 0.6) is 0 Å². The van der Waals surface area contributed by atoms with Gasteiger partial charge in [0.1, 0.15) is 5.03 Å². The van der Waals surface area contributed by atoms with Crippen LogP contribution in [-0.2, 0) is 11.3 Å². The summed E-state index contributed by atoms with van der Waals surface area (Å²) < 4.78 is 5.44. The van der Waals surface area contributed by atoms with E-state index >= 15 is 0 Å². The molecule has 136 valence electrons. The molecule has 1 aromatic carbocycles. The van der Waals surface area contributed by atoms with E-state index in [1.54, 1.807) is 22.5 Å². The Bertz CT molecular complexity index is 1050. The molecule has 0 spiro atoms. The zero-order chi connectivity index (χ0) is 18.6. The first kappa shape index (κ1) is 17.8. The molecule has 5 nitrogen and oxygen atoms in total. The van der Waals surface area contributed by atoms with Gasteiger partial charge in [0.15, 0.2) is 11.6 Å². The van der Waals surface area contributed by atoms with Gasteiger partial charge < -0.3 is 9.32 Å². The highest BCUT2D eigenvalue weighted by Gasteiger charge is 2.15. The highest BCUT2D eigenvalue weighted by atomic mass is 32.2. The van der Waals surface area contributed by atoms with E-state index in [1.807, 2.05) is 61.0 Å². The first-order chi connectivity index (χ1) is 13.2. The number of amides is 1. The minimum Gasteiger partial charge on any atom is -0.461 e. The Kier molecular flexibility index (Phi) is 5.22. The molecule has 7 heteroatoms. The highest BCUT2D eigenvalue weighted by Crippen LogP contribution is 2.28. The van der Waals surface area contributed by atoms with E-state index in [2.05, 4.69) is 9.97 Å². The van der Waals surface area contributed by atoms with Crippen molar-refractivity contribution in [3.63, 3.8) is 0 Å². The lowest BCUT2D eigenvalue weighted by atomic mass is 10.2. The van der Waals surface area contributed by atoms with E-state index in [0.29, 0.717) is 23.9 Å². The molecule has 0 radical (unpaired) electrons. The molecular formula is C20H17N3O2S2. The minimum absolute atomic E-state index is 0.0654. The highest BCUT2D eigenvalue weighted by molar-refractivity contribution is 8.00. The Morgan fingerprint density at radius 1 is 1.15 bits per heavy atom. The van der Waals surface area contributed by atoms with E-state index in [0.717, 1.165) is 15.9 Å². The maximum atomic E-state index is 12.5. The zero-order valence-electron chi connectivity index (χ0n) is 14.7. The summed E-state index contributed by atoms with van der Waals surface area (Å²) in [6.45, 7) is 0.624. The first-order valence-corrected chi connectivity index (χ1v) is 10.3. The Morgan fingerprint density at radius 2 is 2.04 bits per heavy atom. The fraction of sp³-hybridized carbons (Fsp3) is 0.150. The predicted octanol–water partition coefficient (Wildman–Crippen LogP) is 4.70. The average molecular weight is 396 g/mol. The minimum atomic E-state index is 0.0654. The van der Waals surface area contributed by atoms with Crippen LogP contribution in [0.1, 0.15) is 4.88 Å². The van der Waals surface area contributed by atoms with Crippen molar-refractivity contribution >= 4 is 39.9 Å². The summed E-state index contributed by atoms with van der Waals surface area (Å²) in [5, 5.41) is 3.74. The molecular weight excluding hydrogens is 378 g/mol. The monoisotopic (exact) mass is 395 g/mol. The summed E-state index contributed by atoms with van der Waals surface area (Å²) >= 11 is 3.08. The van der Waals surface area contributed by atoms with Crippen LogP contribution in [0, 0.1) is 0 Å². The van der Waals surface area contributed by atoms with Gasteiger partial charge in [-0.2, -0.15) is 0 Å². The number of carbonyl (C=O) groups is 1. The van der Waals surface area contributed by atoms with Gasteiger partial charge in [0.25, 0.3) is 0 Å². The maximum absolute atomic E-state index is 12.5. The van der Waals surface area contributed by atoms with Gasteiger partial charge in [-0.25, -0.2) is 9.97 Å². The molecule has 3 heterocycles. The number of hydrogen-bond donors (Lipinski definition) is 0. The summed E-state index contributed by atoms with van der Waals surface area (Å²) in [4.78, 5) is 24.7. The number of hydrogen-bond acceptors (Lipinski definition) is 6. The van der Waals surface area contributed by atoms with Gasteiger partial charge in [-0.3, -0.25) is 4.79 Å². The third-order valence-electron chi connectivity index (χ3n) is 4.04. The van der Waals surface area contributed by atoms with Gasteiger partial charge >= 0.3 is 0 Å². The van der Waals surface area contributed by atoms with Crippen molar-refractivity contribution in [2.24, 2.45) is 0 Å². The molecule has 0 aliphatic rings. The summed E-state index contributed by atoms with van der Waals surface area (Å²) in [7, 11) is 1.83. The molecule has 0 N–H and O–H groups in total. The quantitative estimate of drug-likeness (QED) is 0.350. The number of benzene rings is 1. The summed E-state index contributed by atoms with van der Waals surface area (Å²) in [5.74, 6) is 1.53. The van der Waals surface area contributed by atoms with Crippen molar-refractivity contribution in [3.05, 3.63) is 65.1 Å². The summed E-state index contributed by atoms with van der Waals surface area (Å²) in [6, 6.07) is 15.5. The Balaban J connectivity index is 1.55. The lowest BCUT2D eigenvalue weighted by Crippen LogP contribution is -2.27. The van der Waals surface area contributed by atoms with E-state index in [-0.39, 0.29) is 5.91 Å². The van der Waals surface area contributed by atoms with Crippen molar-refractivity contribution in [3.8, 4) is 11.6 Å². The average Bonchev–Trinajstić information content (AvgIpc) is 3.39. The predicted molar refractivity (Wildman–Crippen MR) is 109 cm³/mol. The van der Waals surface area contributed by atoms with Crippen molar-refractivity contribution in [2.75, 3.05) is 12.8 Å². The lowest BCUT2D eigenvalue weighted by molar-refractivity contribution is -0.127. The second-order valence-corrected chi connectivity index (χ2v) is 7.96. The summed E-state index contributed by atoms with van der Waals surface area (Å²) in [6.07, 6.45) is 1.60. The molecule has 0 saturated heterocycles. The molecule has 0 aliphatic heterocycles. The Morgan fingerprint density at radius 3 is 2.81 bits per heavy atom. The van der Waals surface area contributed by atoms with Crippen molar-refractivity contribution in [2.45, 2.75) is 11.6 Å². The molecule has 0 bridgehead atoms. The molecule has 1 amide bonds. The van der Waals surface area contributed by atoms with Crippen LogP contribution in [0.3, 0.4) is 0 Å². The SMILES string of the molecule is CN(Cc1cccs1)C(=O)CSc1nc(-c2ccco2)nc2ccccc12. The number of fused-ring (bicyclic) bond motifs is 1. The first-order valence-electron chi connectivity index (χ1n) is 8.40. The number of nitrogens with zero attached hydrogens (tertiary/aromatic N) is 3. The van der Waals surface area contributed by atoms with Gasteiger partial charge in [-0.05, 0) is 29.6 Å². The molecule has 4 rings (SSSR count). The van der Waals surface area contributed by atoms with Crippen LogP contribution in [-0.4, -0.2) is 33.6 Å². The molecule has 0 saturated carbocycles. The van der Waals surface area contributed by atoms with Gasteiger partial charge in [0, 0.05) is 17.3 Å². The van der Waals surface area contributed by atoms with E-state index in [9.17, 15) is 4.79 Å². The second-order valence-electron chi connectivity index (χ2n) is 5.96. The van der Waals surface area contributed by atoms with Crippen LogP contribution in [0.15, 0.2) is 69.6 Å². The topological polar surface area (TPSA) is 59.2 Å². The van der Waals surface area contributed by atoms with Gasteiger partial charge in [-0.15, -0.1) is 11.3 Å². The smallest absolute Gasteiger partial charge is 0.233 e. The molecule has 0 unspecified atom stereocenters. The third kappa shape index (κ3) is 4.04. The van der Waals surface area contributed by atoms with Crippen molar-refractivity contribution < 1.29 is 9.21 Å². The van der Waals surface area contributed by atoms with Crippen LogP contribution in [0.2, 0.25) is 0 Å². The number of para-hydroxylation sites is 1. The fourth-order valence-corrected chi connectivity index (χ4v) is 4.36. The van der Waals surface area contributed by atoms with Crippen LogP contribution in [0.4, 0.5) is 0 Å². The van der Waals surface area contributed by atoms with Crippen molar-refractivity contribution in [1.29, 1.82) is 0 Å². The summed E-state index contributed by atoms with van der Waals surface area (Å²) in [5.41, 5.74) is 0.834. The Hall–Kier alpha value is -2.64. The lowest BCUT2D eigenvalue weighted by Gasteiger charge is -2.16. The number of thioether (sulfide) groups is 1. The zero-order valence-corrected chi connectivity index (χ0v) is 16.3. The van der Waals surface area contributed by atoms with E-state index < -0.39 is 0 Å². The Labute approximate surface area is 165 Å². The molecule has 0 atom stereocenters. The largest absolute Gasteiger partial charge is 0.461 e. The number of rotatable bonds is 6. The van der Waals surface area contributed by atoms with Crippen LogP contribution >= 0.6 is 23.1 Å². The van der Waals surface area contributed by atoms with E-state index in [1.165, 1.54) is 16.6 Å². The number of furan rings is 1. The molecule has 0 fully saturated rings. The van der Waals surface area contributed by atoms with Crippen LogP contribution in [0.25, 0.3) is 22.5 Å². The van der Waals surface area contributed by atoms with Gasteiger partial charge in [0.05, 0.1) is 24.1 Å². The normalized spacial score (nSPS) is 11.0. The number of carbonyl (C=O) groups excluding carboxylic acids is 1. The molecule has 27 heavy (non-hydrogen) atoms.